The molecule has 3 aromatic rings. The van der Waals surface area contributed by atoms with E-state index in [1.54, 1.807) is 16.2 Å². The first-order valence-electron chi connectivity index (χ1n) is 13.3. The number of aryl methyl sites for hydroxylation is 2. The van der Waals surface area contributed by atoms with Crippen LogP contribution in [-0.4, -0.2) is 60.7 Å². The number of benzene rings is 2. The zero-order valence-corrected chi connectivity index (χ0v) is 22.8. The lowest BCUT2D eigenvalue weighted by Crippen LogP contribution is -2.50. The van der Waals surface area contributed by atoms with Crippen LogP contribution in [-0.2, 0) is 16.0 Å². The summed E-state index contributed by atoms with van der Waals surface area (Å²) in [5.41, 5.74) is 4.13. The number of rotatable bonds is 8. The molecule has 0 aliphatic carbocycles. The molecular formula is C30H35N3O4S. The average molecular weight is 534 g/mol. The highest BCUT2D eigenvalue weighted by atomic mass is 32.1. The Morgan fingerprint density at radius 2 is 1.82 bits per heavy atom. The summed E-state index contributed by atoms with van der Waals surface area (Å²) in [4.78, 5) is 31.9. The zero-order chi connectivity index (χ0) is 26.5. The Balaban J connectivity index is 1.31. The van der Waals surface area contributed by atoms with Gasteiger partial charge in [-0.1, -0.05) is 35.4 Å². The maximum Gasteiger partial charge on any atom is 0.322 e. The van der Waals surface area contributed by atoms with Gasteiger partial charge in [0.25, 0.3) is 0 Å². The maximum atomic E-state index is 13.8. The summed E-state index contributed by atoms with van der Waals surface area (Å²) in [6.45, 7) is 6.06. The van der Waals surface area contributed by atoms with Crippen molar-refractivity contribution in [1.29, 1.82) is 0 Å². The van der Waals surface area contributed by atoms with Gasteiger partial charge in [-0.15, -0.1) is 11.3 Å². The van der Waals surface area contributed by atoms with Crippen LogP contribution in [0.4, 0.5) is 10.5 Å². The summed E-state index contributed by atoms with van der Waals surface area (Å²) >= 11 is 1.72. The molecule has 1 N–H and O–H groups in total. The molecule has 2 aliphatic rings. The fraction of sp³-hybridized carbons (Fsp3) is 0.400. The van der Waals surface area contributed by atoms with Crippen LogP contribution in [0.15, 0.2) is 60.0 Å². The number of hydrogen-bond donors (Lipinski definition) is 1. The number of nitrogens with one attached hydrogen (secondary N) is 1. The second kappa shape index (κ2) is 12.0. The first-order valence-corrected chi connectivity index (χ1v) is 14.1. The van der Waals surface area contributed by atoms with Crippen molar-refractivity contribution in [3.05, 3.63) is 81.5 Å². The minimum Gasteiger partial charge on any atom is -0.491 e. The molecule has 2 atom stereocenters. The Kier molecular flexibility index (Phi) is 8.29. The largest absolute Gasteiger partial charge is 0.491 e. The number of fused-ring (bicyclic) bond motifs is 1. The number of anilines is 1. The van der Waals surface area contributed by atoms with Crippen molar-refractivity contribution >= 4 is 29.0 Å². The summed E-state index contributed by atoms with van der Waals surface area (Å²) in [5, 5.41) is 5.04. The Hall–Kier alpha value is -3.36. The number of urea groups is 1. The van der Waals surface area contributed by atoms with E-state index in [-0.39, 0.29) is 30.6 Å². The number of amides is 3. The average Bonchev–Trinajstić information content (AvgIpc) is 3.61. The molecule has 8 heteroatoms. The van der Waals surface area contributed by atoms with Gasteiger partial charge in [-0.25, -0.2) is 4.79 Å². The number of thiophene rings is 1. The van der Waals surface area contributed by atoms with Crippen LogP contribution in [0.25, 0.3) is 0 Å². The van der Waals surface area contributed by atoms with Crippen LogP contribution in [0.3, 0.4) is 0 Å². The Morgan fingerprint density at radius 3 is 2.53 bits per heavy atom. The van der Waals surface area contributed by atoms with Gasteiger partial charge in [-0.3, -0.25) is 4.79 Å². The normalized spacial score (nSPS) is 18.6. The number of ether oxygens (including phenoxy) is 2. The minimum absolute atomic E-state index is 0.0158. The number of nitrogens with zero attached hydrogens (tertiary/aromatic N) is 2. The molecule has 0 radical (unpaired) electrons. The molecule has 7 nitrogen and oxygen atoms in total. The molecule has 3 amide bonds. The molecular weight excluding hydrogens is 498 g/mol. The third kappa shape index (κ3) is 6.37. The molecule has 1 saturated heterocycles. The molecule has 38 heavy (non-hydrogen) atoms. The fourth-order valence-electron chi connectivity index (χ4n) is 5.03. The van der Waals surface area contributed by atoms with Gasteiger partial charge in [0.2, 0.25) is 5.91 Å². The third-order valence-electron chi connectivity index (χ3n) is 7.21. The SMILES string of the molecule is Cc1ccc(NC(=O)N(CC(=O)N2CCc3sccc3[C@H]2COc2ccc(C)cc2)C[C@@H]2CCCO2)cc1. The summed E-state index contributed by atoms with van der Waals surface area (Å²) in [7, 11) is 0. The highest BCUT2D eigenvalue weighted by Gasteiger charge is 2.34. The van der Waals surface area contributed by atoms with Crippen LogP contribution in [0.5, 0.6) is 5.75 Å². The van der Waals surface area contributed by atoms with Gasteiger partial charge < -0.3 is 24.6 Å². The van der Waals surface area contributed by atoms with E-state index in [0.717, 1.165) is 36.1 Å². The van der Waals surface area contributed by atoms with Crippen molar-refractivity contribution in [3.8, 4) is 5.75 Å². The summed E-state index contributed by atoms with van der Waals surface area (Å²) in [5.74, 6) is 0.694. The van der Waals surface area contributed by atoms with Gasteiger partial charge >= 0.3 is 6.03 Å². The van der Waals surface area contributed by atoms with Crippen LogP contribution in [0.2, 0.25) is 0 Å². The van der Waals surface area contributed by atoms with E-state index < -0.39 is 0 Å². The molecule has 0 bridgehead atoms. The minimum atomic E-state index is -0.293. The van der Waals surface area contributed by atoms with Crippen molar-refractivity contribution in [2.24, 2.45) is 0 Å². The summed E-state index contributed by atoms with van der Waals surface area (Å²) < 4.78 is 12.0. The van der Waals surface area contributed by atoms with Crippen molar-refractivity contribution < 1.29 is 19.1 Å². The molecule has 0 saturated carbocycles. The molecule has 1 fully saturated rings. The predicted octanol–water partition coefficient (Wildman–Crippen LogP) is 5.58. The lowest BCUT2D eigenvalue weighted by atomic mass is 10.0. The second-order valence-electron chi connectivity index (χ2n) is 10.1. The number of carbonyl (C=O) groups excluding carboxylic acids is 2. The van der Waals surface area contributed by atoms with E-state index in [2.05, 4.69) is 16.8 Å². The molecule has 200 valence electrons. The highest BCUT2D eigenvalue weighted by Crippen LogP contribution is 2.34. The van der Waals surface area contributed by atoms with E-state index in [1.165, 1.54) is 10.4 Å². The van der Waals surface area contributed by atoms with Gasteiger partial charge in [0, 0.05) is 30.3 Å². The van der Waals surface area contributed by atoms with E-state index in [1.807, 2.05) is 67.3 Å². The van der Waals surface area contributed by atoms with Crippen molar-refractivity contribution in [2.75, 3.05) is 38.2 Å². The molecule has 1 aromatic heterocycles. The van der Waals surface area contributed by atoms with E-state index in [9.17, 15) is 9.59 Å². The summed E-state index contributed by atoms with van der Waals surface area (Å²) in [6.07, 6.45) is 2.60. The van der Waals surface area contributed by atoms with Gasteiger partial charge in [0.15, 0.2) is 0 Å². The molecule has 5 rings (SSSR count). The first kappa shape index (κ1) is 26.3. The lowest BCUT2D eigenvalue weighted by Gasteiger charge is -2.37. The summed E-state index contributed by atoms with van der Waals surface area (Å²) in [6, 6.07) is 17.2. The van der Waals surface area contributed by atoms with Gasteiger partial charge in [-0.05, 0) is 74.4 Å². The Morgan fingerprint density at radius 1 is 1.08 bits per heavy atom. The third-order valence-corrected chi connectivity index (χ3v) is 8.20. The highest BCUT2D eigenvalue weighted by molar-refractivity contribution is 7.10. The topological polar surface area (TPSA) is 71.1 Å². The fourth-order valence-corrected chi connectivity index (χ4v) is 5.96. The van der Waals surface area contributed by atoms with Crippen molar-refractivity contribution in [1.82, 2.24) is 9.80 Å². The quantitative estimate of drug-likeness (QED) is 0.410. The van der Waals surface area contributed by atoms with Gasteiger partial charge in [0.1, 0.15) is 18.9 Å². The molecule has 0 unspecified atom stereocenters. The van der Waals surface area contributed by atoms with Crippen LogP contribution in [0.1, 0.15) is 40.5 Å². The van der Waals surface area contributed by atoms with Crippen LogP contribution >= 0.6 is 11.3 Å². The molecule has 0 spiro atoms. The first-order chi connectivity index (χ1) is 18.5. The Bertz CT molecular complexity index is 1240. The molecule has 2 aromatic carbocycles. The molecule has 2 aliphatic heterocycles. The van der Waals surface area contributed by atoms with Crippen molar-refractivity contribution in [2.45, 2.75) is 45.3 Å². The second-order valence-corrected chi connectivity index (χ2v) is 11.1. The Labute approximate surface area is 228 Å². The van der Waals surface area contributed by atoms with Crippen molar-refractivity contribution in [3.63, 3.8) is 0 Å². The maximum absolute atomic E-state index is 13.8. The smallest absolute Gasteiger partial charge is 0.322 e. The zero-order valence-electron chi connectivity index (χ0n) is 22.0. The van der Waals surface area contributed by atoms with Gasteiger partial charge in [-0.2, -0.15) is 0 Å². The monoisotopic (exact) mass is 533 g/mol. The van der Waals surface area contributed by atoms with E-state index in [4.69, 9.17) is 9.47 Å². The number of carbonyl (C=O) groups is 2. The van der Waals surface area contributed by atoms with Crippen LogP contribution in [0, 0.1) is 13.8 Å². The van der Waals surface area contributed by atoms with E-state index in [0.29, 0.717) is 32.0 Å². The van der Waals surface area contributed by atoms with E-state index >= 15 is 0 Å². The van der Waals surface area contributed by atoms with Gasteiger partial charge in [0.05, 0.1) is 12.1 Å². The molecule has 3 heterocycles. The predicted molar refractivity (Wildman–Crippen MR) is 150 cm³/mol. The lowest BCUT2D eigenvalue weighted by molar-refractivity contribution is -0.135. The standard InChI is InChI=1S/C30H35N3O4S/c1-21-5-9-23(10-6-21)31-30(35)32(18-25-4-3-16-36-25)19-29(34)33-15-13-28-26(14-17-38-28)27(33)20-37-24-11-7-22(2)8-12-24/h5-12,14,17,25,27H,3-4,13,15-16,18-20H2,1-2H3,(H,31,35)/t25-,27+/m0/s1. The van der Waals surface area contributed by atoms with Crippen LogP contribution < -0.4 is 10.1 Å². The number of hydrogen-bond acceptors (Lipinski definition) is 5.